The van der Waals surface area contributed by atoms with Crippen LogP contribution in [0.2, 0.25) is 0 Å². The summed E-state index contributed by atoms with van der Waals surface area (Å²) in [7, 11) is 0. The Morgan fingerprint density at radius 1 is 1.53 bits per heavy atom. The average molecular weight is 351 g/mol. The van der Waals surface area contributed by atoms with E-state index < -0.39 is 0 Å². The van der Waals surface area contributed by atoms with Crippen LogP contribution in [-0.2, 0) is 11.3 Å². The maximum Gasteiger partial charge on any atom is 0.266 e. The number of hydrogen-bond acceptors (Lipinski definition) is 4. The van der Waals surface area contributed by atoms with E-state index in [0.717, 1.165) is 32.7 Å². The van der Waals surface area contributed by atoms with Crippen molar-refractivity contribution < 1.29 is 4.74 Å². The fourth-order valence-corrected chi connectivity index (χ4v) is 1.82. The monoisotopic (exact) mass is 351 g/mol. The zero-order valence-corrected chi connectivity index (χ0v) is 12.1. The predicted molar refractivity (Wildman–Crippen MR) is 75.2 cm³/mol. The van der Waals surface area contributed by atoms with Gasteiger partial charge in [0, 0.05) is 32.5 Å². The van der Waals surface area contributed by atoms with E-state index in [-0.39, 0.29) is 5.56 Å². The average Bonchev–Trinajstić information content (AvgIpc) is 2.33. The molecule has 1 rings (SSSR count). The molecule has 0 saturated heterocycles. The van der Waals surface area contributed by atoms with Crippen molar-refractivity contribution in [2.45, 2.75) is 19.9 Å². The molecule has 0 bridgehead atoms. The van der Waals surface area contributed by atoms with Crippen LogP contribution >= 0.6 is 22.6 Å². The summed E-state index contributed by atoms with van der Waals surface area (Å²) in [5, 5.41) is 3.27. The zero-order valence-electron chi connectivity index (χ0n) is 9.99. The maximum atomic E-state index is 11.6. The Morgan fingerprint density at radius 3 is 3.12 bits per heavy atom. The molecule has 0 atom stereocenters. The highest BCUT2D eigenvalue weighted by Gasteiger charge is 1.99. The van der Waals surface area contributed by atoms with E-state index in [0.29, 0.717) is 10.1 Å². The fourth-order valence-electron chi connectivity index (χ4n) is 1.35. The lowest BCUT2D eigenvalue weighted by Gasteiger charge is -2.07. The Hall–Kier alpha value is -0.470. The van der Waals surface area contributed by atoms with E-state index >= 15 is 0 Å². The van der Waals surface area contributed by atoms with E-state index in [1.165, 1.54) is 0 Å². The highest BCUT2D eigenvalue weighted by atomic mass is 127. The molecule has 5 nitrogen and oxygen atoms in total. The van der Waals surface area contributed by atoms with Gasteiger partial charge in [0.15, 0.2) is 0 Å². The molecular weight excluding hydrogens is 333 g/mol. The number of halogens is 1. The van der Waals surface area contributed by atoms with Crippen LogP contribution in [0.25, 0.3) is 0 Å². The summed E-state index contributed by atoms with van der Waals surface area (Å²) in [6.07, 6.45) is 4.15. The molecule has 0 spiro atoms. The zero-order chi connectivity index (χ0) is 12.5. The summed E-state index contributed by atoms with van der Waals surface area (Å²) in [6.45, 7) is 5.87. The second-order valence-electron chi connectivity index (χ2n) is 3.54. The van der Waals surface area contributed by atoms with Crippen LogP contribution in [0, 0.1) is 3.57 Å². The van der Waals surface area contributed by atoms with Gasteiger partial charge in [0.05, 0.1) is 9.90 Å². The van der Waals surface area contributed by atoms with E-state index in [1.54, 1.807) is 17.1 Å². The summed E-state index contributed by atoms with van der Waals surface area (Å²) in [5.41, 5.74) is 0.0247. The lowest BCUT2D eigenvalue weighted by molar-refractivity contribution is 0.145. The minimum Gasteiger partial charge on any atom is -0.382 e. The number of rotatable bonds is 8. The molecule has 0 radical (unpaired) electrons. The highest BCUT2D eigenvalue weighted by molar-refractivity contribution is 14.1. The maximum absolute atomic E-state index is 11.6. The van der Waals surface area contributed by atoms with Crippen LogP contribution in [0.3, 0.4) is 0 Å². The smallest absolute Gasteiger partial charge is 0.266 e. The first kappa shape index (κ1) is 14.6. The van der Waals surface area contributed by atoms with E-state index in [9.17, 15) is 4.79 Å². The standard InChI is InChI=1S/C11H18IN3O2/c1-2-17-7-3-4-13-5-6-15-9-14-8-10(12)11(15)16/h8-9,13H,2-7H2,1H3. The summed E-state index contributed by atoms with van der Waals surface area (Å²) < 4.78 is 7.50. The third-order valence-corrected chi connectivity index (χ3v) is 2.97. The molecule has 1 aromatic rings. The highest BCUT2D eigenvalue weighted by Crippen LogP contribution is 1.92. The van der Waals surface area contributed by atoms with Gasteiger partial charge >= 0.3 is 0 Å². The second-order valence-corrected chi connectivity index (χ2v) is 4.70. The molecule has 0 saturated carbocycles. The number of aromatic nitrogens is 2. The first-order chi connectivity index (χ1) is 8.25. The van der Waals surface area contributed by atoms with Crippen LogP contribution in [0.4, 0.5) is 0 Å². The summed E-state index contributed by atoms with van der Waals surface area (Å²) in [5.74, 6) is 0. The number of nitrogens with zero attached hydrogens (tertiary/aromatic N) is 2. The first-order valence-corrected chi connectivity index (χ1v) is 6.82. The van der Waals surface area contributed by atoms with Gasteiger partial charge in [0.2, 0.25) is 0 Å². The van der Waals surface area contributed by atoms with Crippen molar-refractivity contribution in [1.29, 1.82) is 0 Å². The number of ether oxygens (including phenoxy) is 1. The van der Waals surface area contributed by atoms with Crippen molar-refractivity contribution in [2.24, 2.45) is 0 Å². The molecule has 1 heterocycles. The van der Waals surface area contributed by atoms with Crippen LogP contribution < -0.4 is 10.9 Å². The fraction of sp³-hybridized carbons (Fsp3) is 0.636. The quantitative estimate of drug-likeness (QED) is 0.558. The van der Waals surface area contributed by atoms with Gasteiger partial charge in [-0.25, -0.2) is 4.98 Å². The molecule has 0 aromatic carbocycles. The molecule has 0 aliphatic carbocycles. The van der Waals surface area contributed by atoms with Crippen LogP contribution in [0.15, 0.2) is 17.3 Å². The minimum absolute atomic E-state index is 0.0247. The first-order valence-electron chi connectivity index (χ1n) is 5.74. The van der Waals surface area contributed by atoms with Crippen molar-refractivity contribution in [3.8, 4) is 0 Å². The largest absolute Gasteiger partial charge is 0.382 e. The molecule has 1 N–H and O–H groups in total. The molecule has 1 aromatic heterocycles. The van der Waals surface area contributed by atoms with Gasteiger partial charge in [-0.3, -0.25) is 9.36 Å². The normalized spacial score (nSPS) is 10.7. The lowest BCUT2D eigenvalue weighted by Crippen LogP contribution is -2.29. The molecule has 0 amide bonds. The van der Waals surface area contributed by atoms with Crippen molar-refractivity contribution in [2.75, 3.05) is 26.3 Å². The molecule has 6 heteroatoms. The van der Waals surface area contributed by atoms with Crippen LogP contribution in [0.5, 0.6) is 0 Å². The van der Waals surface area contributed by atoms with Crippen molar-refractivity contribution >= 4 is 22.6 Å². The molecule has 17 heavy (non-hydrogen) atoms. The molecule has 0 fully saturated rings. The molecule has 96 valence electrons. The van der Waals surface area contributed by atoms with Gasteiger partial charge in [-0.1, -0.05) is 0 Å². The summed E-state index contributed by atoms with van der Waals surface area (Å²) >= 11 is 2.00. The van der Waals surface area contributed by atoms with E-state index in [2.05, 4.69) is 10.3 Å². The van der Waals surface area contributed by atoms with E-state index in [1.807, 2.05) is 29.5 Å². The van der Waals surface area contributed by atoms with Gasteiger partial charge in [-0.05, 0) is 42.5 Å². The van der Waals surface area contributed by atoms with Crippen molar-refractivity contribution in [1.82, 2.24) is 14.9 Å². The van der Waals surface area contributed by atoms with E-state index in [4.69, 9.17) is 4.74 Å². The Morgan fingerprint density at radius 2 is 2.35 bits per heavy atom. The number of nitrogens with one attached hydrogen (secondary N) is 1. The minimum atomic E-state index is 0.0247. The molecule has 0 aliphatic rings. The molecule has 0 unspecified atom stereocenters. The Kier molecular flexibility index (Phi) is 7.38. The summed E-state index contributed by atoms with van der Waals surface area (Å²) in [4.78, 5) is 15.6. The van der Waals surface area contributed by atoms with Crippen molar-refractivity contribution in [3.05, 3.63) is 26.4 Å². The van der Waals surface area contributed by atoms with Gasteiger partial charge < -0.3 is 10.1 Å². The topological polar surface area (TPSA) is 56.1 Å². The third kappa shape index (κ3) is 5.60. The van der Waals surface area contributed by atoms with Gasteiger partial charge in [0.1, 0.15) is 0 Å². The Balaban J connectivity index is 2.18. The van der Waals surface area contributed by atoms with Crippen LogP contribution in [0.1, 0.15) is 13.3 Å². The van der Waals surface area contributed by atoms with Crippen LogP contribution in [-0.4, -0.2) is 35.9 Å². The number of hydrogen-bond donors (Lipinski definition) is 1. The molecule has 0 aliphatic heterocycles. The third-order valence-electron chi connectivity index (χ3n) is 2.23. The SMILES string of the molecule is CCOCCCNCCn1cncc(I)c1=O. The second kappa shape index (κ2) is 8.60. The molecular formula is C11H18IN3O2. The van der Waals surface area contributed by atoms with Gasteiger partial charge in [-0.15, -0.1) is 0 Å². The Bertz CT molecular complexity index is 381. The van der Waals surface area contributed by atoms with Gasteiger partial charge in [0.25, 0.3) is 5.56 Å². The van der Waals surface area contributed by atoms with Crippen molar-refractivity contribution in [3.63, 3.8) is 0 Å². The lowest BCUT2D eigenvalue weighted by atomic mass is 10.4. The predicted octanol–water partition coefficient (Wildman–Crippen LogP) is 0.864. The summed E-state index contributed by atoms with van der Waals surface area (Å²) in [6, 6.07) is 0. The Labute approximate surface area is 115 Å². The van der Waals surface area contributed by atoms with Gasteiger partial charge in [-0.2, -0.15) is 0 Å².